The van der Waals surface area contributed by atoms with Crippen molar-refractivity contribution in [2.24, 2.45) is 0 Å². The fraction of sp³-hybridized carbons (Fsp3) is 0.227. The maximum atomic E-state index is 4.80. The number of nitrogens with zero attached hydrogens (tertiary/aromatic N) is 1. The van der Waals surface area contributed by atoms with Crippen LogP contribution in [-0.2, 0) is 0 Å². The number of hydrogen-bond acceptors (Lipinski definition) is 1. The molecular formula is C22H25GeN. The van der Waals surface area contributed by atoms with E-state index in [0.29, 0.717) is 5.92 Å². The van der Waals surface area contributed by atoms with Gasteiger partial charge in [0.2, 0.25) is 0 Å². The molecule has 0 saturated carbocycles. The third kappa shape index (κ3) is 3.62. The first-order chi connectivity index (χ1) is 11.5. The van der Waals surface area contributed by atoms with Crippen LogP contribution in [-0.4, -0.2) is 18.3 Å². The maximum absolute atomic E-state index is 4.80. The van der Waals surface area contributed by atoms with E-state index in [9.17, 15) is 0 Å². The Hall–Kier alpha value is -1.87. The topological polar surface area (TPSA) is 12.9 Å². The zero-order valence-corrected chi connectivity index (χ0v) is 17.1. The van der Waals surface area contributed by atoms with Crippen LogP contribution < -0.4 is 4.40 Å². The first kappa shape index (κ1) is 17.0. The Morgan fingerprint density at radius 3 is 2.00 bits per heavy atom. The molecule has 2 aromatic carbocycles. The zero-order valence-electron chi connectivity index (χ0n) is 15.0. The SMILES string of the molecule is CC(c1ccccc1)c1cc(-c2ccccc2)nc[c]1[Ge]([CH3])([CH3])[CH3]. The van der Waals surface area contributed by atoms with E-state index >= 15 is 0 Å². The van der Waals surface area contributed by atoms with Crippen molar-refractivity contribution in [3.05, 3.63) is 84.1 Å². The van der Waals surface area contributed by atoms with Crippen LogP contribution in [0.15, 0.2) is 72.9 Å². The minimum atomic E-state index is -2.00. The van der Waals surface area contributed by atoms with Gasteiger partial charge >= 0.3 is 148 Å². The van der Waals surface area contributed by atoms with E-state index in [-0.39, 0.29) is 0 Å². The summed E-state index contributed by atoms with van der Waals surface area (Å²) in [5.74, 6) is 7.72. The van der Waals surface area contributed by atoms with Crippen molar-refractivity contribution in [2.75, 3.05) is 0 Å². The van der Waals surface area contributed by atoms with Crippen molar-refractivity contribution in [3.8, 4) is 11.3 Å². The van der Waals surface area contributed by atoms with Gasteiger partial charge in [-0.2, -0.15) is 0 Å². The van der Waals surface area contributed by atoms with Gasteiger partial charge in [-0.1, -0.05) is 0 Å². The quantitative estimate of drug-likeness (QED) is 0.553. The van der Waals surface area contributed by atoms with Crippen molar-refractivity contribution in [1.82, 2.24) is 4.98 Å². The zero-order chi connectivity index (χ0) is 17.2. The van der Waals surface area contributed by atoms with Gasteiger partial charge in [-0.15, -0.1) is 0 Å². The molecule has 0 aliphatic carbocycles. The molecule has 0 radical (unpaired) electrons. The molecule has 0 aliphatic heterocycles. The predicted molar refractivity (Wildman–Crippen MR) is 107 cm³/mol. The van der Waals surface area contributed by atoms with Gasteiger partial charge in [-0.05, 0) is 0 Å². The second-order valence-electron chi connectivity index (χ2n) is 7.41. The van der Waals surface area contributed by atoms with Crippen LogP contribution in [0.1, 0.15) is 24.0 Å². The molecule has 0 saturated heterocycles. The summed E-state index contributed by atoms with van der Waals surface area (Å²) in [6.45, 7) is 2.32. The fourth-order valence-corrected chi connectivity index (χ4v) is 6.51. The molecule has 1 nitrogen and oxygen atoms in total. The van der Waals surface area contributed by atoms with E-state index < -0.39 is 13.3 Å². The van der Waals surface area contributed by atoms with E-state index in [2.05, 4.69) is 97.1 Å². The van der Waals surface area contributed by atoms with Crippen molar-refractivity contribution in [3.63, 3.8) is 0 Å². The van der Waals surface area contributed by atoms with Gasteiger partial charge in [0.25, 0.3) is 0 Å². The van der Waals surface area contributed by atoms with Gasteiger partial charge in [0.1, 0.15) is 0 Å². The molecule has 2 heteroatoms. The van der Waals surface area contributed by atoms with Gasteiger partial charge < -0.3 is 0 Å². The van der Waals surface area contributed by atoms with Gasteiger partial charge in [-0.3, -0.25) is 0 Å². The molecule has 1 aromatic heterocycles. The standard InChI is InChI=1S/C22H25GeN/c1-17(18-11-7-5-8-12-18)20-15-22(19-13-9-6-10-14-19)24-16-21(20)23(2,3)4/h5-17H,1-4H3. The molecule has 3 rings (SSSR count). The molecule has 24 heavy (non-hydrogen) atoms. The molecule has 0 fully saturated rings. The number of benzene rings is 2. The van der Waals surface area contributed by atoms with Crippen LogP contribution in [0.3, 0.4) is 0 Å². The average molecular weight is 376 g/mol. The Bertz CT molecular complexity index is 804. The Labute approximate surface area is 148 Å². The van der Waals surface area contributed by atoms with Crippen LogP contribution >= 0.6 is 0 Å². The molecule has 3 aromatic rings. The van der Waals surface area contributed by atoms with E-state index in [1.807, 2.05) is 0 Å². The summed E-state index contributed by atoms with van der Waals surface area (Å²) in [5.41, 5.74) is 5.08. The summed E-state index contributed by atoms with van der Waals surface area (Å²) in [6, 6.07) is 23.6. The first-order valence-corrected chi connectivity index (χ1v) is 15.9. The van der Waals surface area contributed by atoms with Crippen LogP contribution in [0.2, 0.25) is 17.3 Å². The predicted octanol–water partition coefficient (Wildman–Crippen LogP) is 5.45. The second-order valence-corrected chi connectivity index (χ2v) is 18.0. The van der Waals surface area contributed by atoms with E-state index in [0.717, 1.165) is 5.69 Å². The monoisotopic (exact) mass is 377 g/mol. The Morgan fingerprint density at radius 1 is 0.833 bits per heavy atom. The molecule has 0 aliphatic rings. The molecule has 122 valence electrons. The molecule has 0 spiro atoms. The fourth-order valence-electron chi connectivity index (χ4n) is 3.14. The van der Waals surface area contributed by atoms with Crippen molar-refractivity contribution >= 4 is 17.7 Å². The number of rotatable bonds is 4. The summed E-state index contributed by atoms with van der Waals surface area (Å²) in [6.07, 6.45) is 2.15. The van der Waals surface area contributed by atoms with Gasteiger partial charge in [0, 0.05) is 0 Å². The van der Waals surface area contributed by atoms with E-state index in [1.54, 1.807) is 0 Å². The Kier molecular flexibility index (Phi) is 4.91. The van der Waals surface area contributed by atoms with Crippen LogP contribution in [0.5, 0.6) is 0 Å². The van der Waals surface area contributed by atoms with Crippen molar-refractivity contribution in [1.29, 1.82) is 0 Å². The third-order valence-corrected chi connectivity index (χ3v) is 8.85. The van der Waals surface area contributed by atoms with E-state index in [4.69, 9.17) is 4.98 Å². The number of hydrogen-bond donors (Lipinski definition) is 0. The van der Waals surface area contributed by atoms with Gasteiger partial charge in [-0.25, -0.2) is 0 Å². The molecule has 0 bridgehead atoms. The molecule has 1 atom stereocenters. The summed E-state index contributed by atoms with van der Waals surface area (Å²) in [7, 11) is 0. The Balaban J connectivity index is 2.13. The van der Waals surface area contributed by atoms with E-state index in [1.165, 1.54) is 21.1 Å². The van der Waals surface area contributed by atoms with Gasteiger partial charge in [0.15, 0.2) is 0 Å². The number of pyridine rings is 1. The van der Waals surface area contributed by atoms with Gasteiger partial charge in [0.05, 0.1) is 0 Å². The number of aromatic nitrogens is 1. The third-order valence-electron chi connectivity index (χ3n) is 4.58. The van der Waals surface area contributed by atoms with Crippen molar-refractivity contribution < 1.29 is 0 Å². The van der Waals surface area contributed by atoms with Crippen molar-refractivity contribution in [2.45, 2.75) is 30.1 Å². The second kappa shape index (κ2) is 6.94. The summed E-state index contributed by atoms with van der Waals surface area (Å²) < 4.78 is 1.51. The van der Waals surface area contributed by atoms with Crippen LogP contribution in [0.4, 0.5) is 0 Å². The summed E-state index contributed by atoms with van der Waals surface area (Å²) in [4.78, 5) is 4.80. The Morgan fingerprint density at radius 2 is 1.42 bits per heavy atom. The molecule has 0 amide bonds. The average Bonchev–Trinajstić information content (AvgIpc) is 2.61. The molecular weight excluding hydrogens is 351 g/mol. The summed E-state index contributed by atoms with van der Waals surface area (Å²) in [5, 5.41) is 0. The van der Waals surface area contributed by atoms with Crippen LogP contribution in [0, 0.1) is 0 Å². The molecule has 0 N–H and O–H groups in total. The summed E-state index contributed by atoms with van der Waals surface area (Å²) >= 11 is -2.00. The molecule has 1 unspecified atom stereocenters. The minimum absolute atomic E-state index is 0.386. The first-order valence-electron chi connectivity index (χ1n) is 8.57. The van der Waals surface area contributed by atoms with Crippen LogP contribution in [0.25, 0.3) is 11.3 Å². The molecule has 1 heterocycles. The normalized spacial score (nSPS) is 12.8.